The van der Waals surface area contributed by atoms with Crippen LogP contribution in [0.4, 0.5) is 0 Å². The fourth-order valence-electron chi connectivity index (χ4n) is 1.76. The number of amides is 2. The van der Waals surface area contributed by atoms with E-state index in [2.05, 4.69) is 5.32 Å². The lowest BCUT2D eigenvalue weighted by Gasteiger charge is -2.25. The summed E-state index contributed by atoms with van der Waals surface area (Å²) in [4.78, 5) is 24.1. The zero-order valence-electron chi connectivity index (χ0n) is 8.82. The van der Waals surface area contributed by atoms with Gasteiger partial charge in [-0.1, -0.05) is 13.8 Å². The molecule has 1 saturated heterocycles. The van der Waals surface area contributed by atoms with E-state index < -0.39 is 0 Å². The molecule has 0 radical (unpaired) electrons. The Morgan fingerprint density at radius 3 is 2.36 bits per heavy atom. The molecule has 0 aromatic rings. The van der Waals surface area contributed by atoms with Gasteiger partial charge in [0, 0.05) is 13.1 Å². The fourth-order valence-corrected chi connectivity index (χ4v) is 1.76. The molecule has 0 aliphatic carbocycles. The zero-order valence-corrected chi connectivity index (χ0v) is 8.82. The van der Waals surface area contributed by atoms with E-state index in [0.29, 0.717) is 6.41 Å². The van der Waals surface area contributed by atoms with Crippen molar-refractivity contribution in [2.24, 2.45) is 5.92 Å². The first-order valence-electron chi connectivity index (χ1n) is 5.15. The lowest BCUT2D eigenvalue weighted by molar-refractivity contribution is -0.134. The second kappa shape index (κ2) is 4.98. The van der Waals surface area contributed by atoms with Crippen molar-refractivity contribution in [2.45, 2.75) is 32.7 Å². The highest BCUT2D eigenvalue weighted by Crippen LogP contribution is 2.12. The molecule has 0 aromatic carbocycles. The number of nitrogens with one attached hydrogen (secondary N) is 1. The van der Waals surface area contributed by atoms with Crippen LogP contribution in [-0.4, -0.2) is 36.3 Å². The van der Waals surface area contributed by atoms with E-state index in [-0.39, 0.29) is 17.9 Å². The van der Waals surface area contributed by atoms with E-state index in [0.717, 1.165) is 25.9 Å². The number of nitrogens with zero attached hydrogens (tertiary/aromatic N) is 1. The molecule has 1 unspecified atom stereocenters. The molecule has 0 saturated carbocycles. The van der Waals surface area contributed by atoms with Crippen LogP contribution < -0.4 is 5.32 Å². The fraction of sp³-hybridized carbons (Fsp3) is 0.800. The summed E-state index contributed by atoms with van der Waals surface area (Å²) in [6, 6.07) is -0.356. The van der Waals surface area contributed by atoms with Crippen molar-refractivity contribution in [3.63, 3.8) is 0 Å². The smallest absolute Gasteiger partial charge is 0.245 e. The highest BCUT2D eigenvalue weighted by atomic mass is 16.2. The maximum Gasteiger partial charge on any atom is 0.245 e. The van der Waals surface area contributed by atoms with Crippen molar-refractivity contribution in [3.05, 3.63) is 0 Å². The summed E-state index contributed by atoms with van der Waals surface area (Å²) < 4.78 is 0. The molecule has 14 heavy (non-hydrogen) atoms. The van der Waals surface area contributed by atoms with Crippen molar-refractivity contribution >= 4 is 12.3 Å². The molecule has 1 N–H and O–H groups in total. The zero-order chi connectivity index (χ0) is 10.6. The van der Waals surface area contributed by atoms with Gasteiger partial charge in [-0.25, -0.2) is 0 Å². The van der Waals surface area contributed by atoms with Crippen LogP contribution in [0.5, 0.6) is 0 Å². The van der Waals surface area contributed by atoms with Gasteiger partial charge in [-0.15, -0.1) is 0 Å². The van der Waals surface area contributed by atoms with E-state index in [9.17, 15) is 9.59 Å². The molecule has 1 rings (SSSR count). The Morgan fingerprint density at radius 2 is 1.93 bits per heavy atom. The van der Waals surface area contributed by atoms with E-state index in [4.69, 9.17) is 0 Å². The van der Waals surface area contributed by atoms with E-state index >= 15 is 0 Å². The van der Waals surface area contributed by atoms with E-state index in [1.165, 1.54) is 0 Å². The first-order valence-corrected chi connectivity index (χ1v) is 5.15. The molecule has 0 spiro atoms. The molecule has 0 bridgehead atoms. The molecule has 1 aliphatic heterocycles. The SMILES string of the molecule is CC(C)C(NC=O)C(=O)N1CCCC1. The Balaban J connectivity index is 2.57. The Hall–Kier alpha value is -1.06. The molecule has 1 atom stereocenters. The third kappa shape index (κ3) is 2.47. The van der Waals surface area contributed by atoms with Gasteiger partial charge in [-0.3, -0.25) is 9.59 Å². The van der Waals surface area contributed by atoms with Crippen LogP contribution in [0.2, 0.25) is 0 Å². The van der Waals surface area contributed by atoms with Crippen molar-refractivity contribution in [3.8, 4) is 0 Å². The largest absolute Gasteiger partial charge is 0.347 e. The number of rotatable bonds is 4. The first-order chi connectivity index (χ1) is 6.66. The van der Waals surface area contributed by atoms with Gasteiger partial charge in [0.1, 0.15) is 6.04 Å². The van der Waals surface area contributed by atoms with Crippen molar-refractivity contribution in [1.82, 2.24) is 10.2 Å². The minimum Gasteiger partial charge on any atom is -0.347 e. The summed E-state index contributed by atoms with van der Waals surface area (Å²) in [5.74, 6) is 0.206. The van der Waals surface area contributed by atoms with Crippen LogP contribution >= 0.6 is 0 Å². The average Bonchev–Trinajstić information content (AvgIpc) is 2.65. The van der Waals surface area contributed by atoms with Crippen LogP contribution in [-0.2, 0) is 9.59 Å². The normalized spacial score (nSPS) is 18.4. The van der Waals surface area contributed by atoms with Gasteiger partial charge in [0.15, 0.2) is 0 Å². The molecule has 0 aromatic heterocycles. The lowest BCUT2D eigenvalue weighted by atomic mass is 10.0. The molecule has 2 amide bonds. The minimum absolute atomic E-state index is 0.0598. The Kier molecular flexibility index (Phi) is 3.92. The summed E-state index contributed by atoms with van der Waals surface area (Å²) >= 11 is 0. The van der Waals surface area contributed by atoms with Crippen LogP contribution in [0.3, 0.4) is 0 Å². The maximum atomic E-state index is 11.9. The van der Waals surface area contributed by atoms with Crippen LogP contribution in [0.1, 0.15) is 26.7 Å². The van der Waals surface area contributed by atoms with Crippen LogP contribution in [0.15, 0.2) is 0 Å². The van der Waals surface area contributed by atoms with Crippen molar-refractivity contribution < 1.29 is 9.59 Å². The molecule has 4 nitrogen and oxygen atoms in total. The molecule has 1 aliphatic rings. The number of carbonyl (C=O) groups is 2. The van der Waals surface area contributed by atoms with Gasteiger partial charge in [-0.05, 0) is 18.8 Å². The number of hydrogen-bond acceptors (Lipinski definition) is 2. The summed E-state index contributed by atoms with van der Waals surface area (Å²) in [5.41, 5.74) is 0. The van der Waals surface area contributed by atoms with E-state index in [1.54, 1.807) is 0 Å². The summed E-state index contributed by atoms with van der Waals surface area (Å²) in [5, 5.41) is 2.59. The van der Waals surface area contributed by atoms with Gasteiger partial charge in [-0.2, -0.15) is 0 Å². The van der Waals surface area contributed by atoms with Gasteiger partial charge in [0.2, 0.25) is 12.3 Å². The summed E-state index contributed by atoms with van der Waals surface area (Å²) in [7, 11) is 0. The average molecular weight is 198 g/mol. The maximum absolute atomic E-state index is 11.9. The third-order valence-corrected chi connectivity index (χ3v) is 2.60. The topological polar surface area (TPSA) is 49.4 Å². The van der Waals surface area contributed by atoms with Gasteiger partial charge < -0.3 is 10.2 Å². The van der Waals surface area contributed by atoms with Gasteiger partial charge in [0.25, 0.3) is 0 Å². The summed E-state index contributed by atoms with van der Waals surface area (Å²) in [6.45, 7) is 5.55. The predicted molar refractivity (Wildman–Crippen MR) is 53.6 cm³/mol. The first kappa shape index (κ1) is 11.0. The molecule has 1 heterocycles. The molecule has 1 fully saturated rings. The highest BCUT2D eigenvalue weighted by Gasteiger charge is 2.27. The molecular weight excluding hydrogens is 180 g/mol. The summed E-state index contributed by atoms with van der Waals surface area (Å²) in [6.07, 6.45) is 2.77. The highest BCUT2D eigenvalue weighted by molar-refractivity contribution is 5.84. The minimum atomic E-state index is -0.356. The Bertz CT molecular complexity index is 210. The van der Waals surface area contributed by atoms with Crippen molar-refractivity contribution in [1.29, 1.82) is 0 Å². The molecular formula is C10H18N2O2. The number of carbonyl (C=O) groups excluding carboxylic acids is 2. The third-order valence-electron chi connectivity index (χ3n) is 2.60. The standard InChI is InChI=1S/C10H18N2O2/c1-8(2)9(11-7-13)10(14)12-5-3-4-6-12/h7-9H,3-6H2,1-2H3,(H,11,13). The van der Waals surface area contributed by atoms with E-state index in [1.807, 2.05) is 18.7 Å². The Labute approximate surface area is 84.7 Å². The predicted octanol–water partition coefficient (Wildman–Crippen LogP) is 0.379. The number of likely N-dealkylation sites (tertiary alicyclic amines) is 1. The quantitative estimate of drug-likeness (QED) is 0.664. The van der Waals surface area contributed by atoms with Gasteiger partial charge >= 0.3 is 0 Å². The Morgan fingerprint density at radius 1 is 1.36 bits per heavy atom. The molecule has 80 valence electrons. The van der Waals surface area contributed by atoms with Crippen LogP contribution in [0.25, 0.3) is 0 Å². The molecule has 4 heteroatoms. The number of hydrogen-bond donors (Lipinski definition) is 1. The second-order valence-electron chi connectivity index (χ2n) is 4.04. The second-order valence-corrected chi connectivity index (χ2v) is 4.04. The van der Waals surface area contributed by atoms with Gasteiger partial charge in [0.05, 0.1) is 0 Å². The monoisotopic (exact) mass is 198 g/mol. The van der Waals surface area contributed by atoms with Crippen molar-refractivity contribution in [2.75, 3.05) is 13.1 Å². The lowest BCUT2D eigenvalue weighted by Crippen LogP contribution is -2.47. The van der Waals surface area contributed by atoms with Crippen LogP contribution in [0, 0.1) is 5.92 Å².